The molecule has 8 nitrogen and oxygen atoms in total. The Morgan fingerprint density at radius 2 is 1.62 bits per heavy atom. The Labute approximate surface area is 239 Å². The van der Waals surface area contributed by atoms with E-state index in [9.17, 15) is 19.5 Å². The summed E-state index contributed by atoms with van der Waals surface area (Å²) in [5.74, 6) is -0.484. The summed E-state index contributed by atoms with van der Waals surface area (Å²) in [7, 11) is 0. The molecule has 1 N–H and O–H groups in total. The smallest absolute Gasteiger partial charge is 0.309 e. The first-order valence-corrected chi connectivity index (χ1v) is 14.8. The first kappa shape index (κ1) is 28.1. The van der Waals surface area contributed by atoms with Crippen molar-refractivity contribution in [2.75, 3.05) is 6.54 Å². The van der Waals surface area contributed by atoms with Gasteiger partial charge in [-0.15, -0.1) is 0 Å². The monoisotopic (exact) mass is 574 g/mol. The van der Waals surface area contributed by atoms with Gasteiger partial charge in [-0.05, 0) is 57.8 Å². The summed E-state index contributed by atoms with van der Waals surface area (Å²) in [6.07, 6.45) is 13.4. The van der Waals surface area contributed by atoms with Crippen molar-refractivity contribution >= 4 is 40.9 Å². The topological polar surface area (TPSA) is 105 Å². The molecule has 0 spiro atoms. The second-order valence-corrected chi connectivity index (χ2v) is 12.7. The molecule has 2 saturated carbocycles. The molecular formula is C29H36Cl2N4O4. The molecule has 1 aliphatic heterocycles. The fraction of sp³-hybridized carbons (Fsp3) is 0.621. The number of Topliss-reactive ketones (excluding diaryl/α,β-unsaturated/α-hetero) is 1. The second-order valence-electron chi connectivity index (χ2n) is 11.9. The number of rotatable bonds is 6. The summed E-state index contributed by atoms with van der Waals surface area (Å²) >= 11 is 12.7. The first-order valence-electron chi connectivity index (χ1n) is 14.0. The Morgan fingerprint density at radius 1 is 0.974 bits per heavy atom. The van der Waals surface area contributed by atoms with E-state index in [0.29, 0.717) is 50.1 Å². The fourth-order valence-corrected chi connectivity index (χ4v) is 7.51. The maximum atomic E-state index is 14.1. The van der Waals surface area contributed by atoms with Crippen LogP contribution in [0.5, 0.6) is 0 Å². The summed E-state index contributed by atoms with van der Waals surface area (Å²) in [5, 5.41) is 14.5. The van der Waals surface area contributed by atoms with Crippen molar-refractivity contribution in [2.24, 2.45) is 17.3 Å². The summed E-state index contributed by atoms with van der Waals surface area (Å²) < 4.78 is 1.87. The summed E-state index contributed by atoms with van der Waals surface area (Å²) in [6.45, 7) is 4.20. The zero-order valence-electron chi connectivity index (χ0n) is 22.5. The minimum atomic E-state index is -0.763. The van der Waals surface area contributed by atoms with Gasteiger partial charge in [0.05, 0.1) is 44.9 Å². The maximum Gasteiger partial charge on any atom is 0.309 e. The number of halogens is 2. The Hall–Kier alpha value is -2.45. The molecule has 10 heteroatoms. The average Bonchev–Trinajstić information content (AvgIpc) is 3.53. The average molecular weight is 576 g/mol. The predicted octanol–water partition coefficient (Wildman–Crippen LogP) is 6.39. The van der Waals surface area contributed by atoms with Gasteiger partial charge in [0.1, 0.15) is 0 Å². The minimum absolute atomic E-state index is 0.0411. The van der Waals surface area contributed by atoms with Crippen LogP contribution in [-0.4, -0.2) is 55.0 Å². The van der Waals surface area contributed by atoms with Crippen molar-refractivity contribution in [3.63, 3.8) is 0 Å². The van der Waals surface area contributed by atoms with E-state index < -0.39 is 17.4 Å². The van der Waals surface area contributed by atoms with E-state index >= 15 is 0 Å². The Bertz CT molecular complexity index is 1240. The van der Waals surface area contributed by atoms with Gasteiger partial charge in [0.15, 0.2) is 5.78 Å². The SMILES string of the molecule is Cc1c(C(=O)N2C[C@H](C3CCCCC3)C[C@@H]2C(=O)c2c(Cl)cncc2Cl)cnn1[C@H]1CC[C@](C)(C(=O)O)CC1. The highest BCUT2D eigenvalue weighted by molar-refractivity contribution is 6.40. The number of aromatic nitrogens is 3. The quantitative estimate of drug-likeness (QED) is 0.400. The standard InChI is InChI=1S/C29H36Cl2N4O4/c1-17-21(13-33-35(17)20-8-10-29(2,11-9-20)28(38)39)27(37)34-16-19(18-6-4-3-5-7-18)12-24(34)26(36)25-22(30)14-32-15-23(25)31/h13-15,18-20,24H,3-12,16H2,1-2H3,(H,38,39)/t19-,20-,24-,29-/m1/s1. The highest BCUT2D eigenvalue weighted by atomic mass is 35.5. The second kappa shape index (κ2) is 11.2. The summed E-state index contributed by atoms with van der Waals surface area (Å²) in [5.41, 5.74) is 0.728. The van der Waals surface area contributed by atoms with Gasteiger partial charge in [-0.3, -0.25) is 24.0 Å². The van der Waals surface area contributed by atoms with Crippen LogP contribution in [0, 0.1) is 24.2 Å². The number of carboxylic acids is 1. The van der Waals surface area contributed by atoms with E-state index in [2.05, 4.69) is 10.1 Å². The third-order valence-corrected chi connectivity index (χ3v) is 10.1. The zero-order valence-corrected chi connectivity index (χ0v) is 24.0. The number of amides is 1. The third kappa shape index (κ3) is 5.34. The highest BCUT2D eigenvalue weighted by Gasteiger charge is 2.45. The minimum Gasteiger partial charge on any atom is -0.481 e. The molecule has 1 amide bonds. The molecule has 1 saturated heterocycles. The predicted molar refractivity (Wildman–Crippen MR) is 148 cm³/mol. The van der Waals surface area contributed by atoms with Gasteiger partial charge in [-0.25, -0.2) is 0 Å². The van der Waals surface area contributed by atoms with Gasteiger partial charge >= 0.3 is 5.97 Å². The van der Waals surface area contributed by atoms with Crippen LogP contribution in [0.4, 0.5) is 0 Å². The molecule has 3 aliphatic rings. The van der Waals surface area contributed by atoms with Gasteiger partial charge in [0.25, 0.3) is 5.91 Å². The van der Waals surface area contributed by atoms with Crippen molar-refractivity contribution in [3.8, 4) is 0 Å². The molecule has 0 unspecified atom stereocenters. The molecule has 2 atom stereocenters. The van der Waals surface area contributed by atoms with E-state index in [1.165, 1.54) is 31.7 Å². The molecule has 2 aromatic heterocycles. The number of aliphatic carboxylic acids is 1. The van der Waals surface area contributed by atoms with Gasteiger partial charge < -0.3 is 10.0 Å². The lowest BCUT2D eigenvalue weighted by Gasteiger charge is -2.34. The first-order chi connectivity index (χ1) is 18.6. The van der Waals surface area contributed by atoms with Gasteiger partial charge in [0, 0.05) is 24.6 Å². The van der Waals surface area contributed by atoms with Crippen LogP contribution < -0.4 is 0 Å². The Balaban J connectivity index is 1.41. The Kier molecular flexibility index (Phi) is 8.07. The largest absolute Gasteiger partial charge is 0.481 e. The van der Waals surface area contributed by atoms with Crippen LogP contribution >= 0.6 is 23.2 Å². The number of hydrogen-bond donors (Lipinski definition) is 1. The van der Waals surface area contributed by atoms with Crippen molar-refractivity contribution < 1.29 is 19.5 Å². The van der Waals surface area contributed by atoms with Crippen LogP contribution in [0.25, 0.3) is 0 Å². The van der Waals surface area contributed by atoms with Crippen molar-refractivity contribution in [1.29, 1.82) is 0 Å². The Morgan fingerprint density at radius 3 is 2.23 bits per heavy atom. The number of likely N-dealkylation sites (tertiary alicyclic amines) is 1. The maximum absolute atomic E-state index is 14.1. The van der Waals surface area contributed by atoms with E-state index in [-0.39, 0.29) is 39.3 Å². The van der Waals surface area contributed by atoms with Gasteiger partial charge in [0.2, 0.25) is 0 Å². The number of carbonyl (C=O) groups is 3. The van der Waals surface area contributed by atoms with E-state index in [4.69, 9.17) is 23.2 Å². The van der Waals surface area contributed by atoms with E-state index in [1.807, 2.05) is 11.6 Å². The zero-order chi connectivity index (χ0) is 27.9. The van der Waals surface area contributed by atoms with Crippen LogP contribution in [-0.2, 0) is 4.79 Å². The number of carbonyl (C=O) groups excluding carboxylic acids is 2. The lowest BCUT2D eigenvalue weighted by molar-refractivity contribution is -0.150. The third-order valence-electron chi connectivity index (χ3n) is 9.51. The van der Waals surface area contributed by atoms with Crippen molar-refractivity contribution in [3.05, 3.63) is 45.5 Å². The number of carboxylic acid groups (broad SMARTS) is 1. The van der Waals surface area contributed by atoms with Crippen LogP contribution in [0.2, 0.25) is 10.0 Å². The lowest BCUT2D eigenvalue weighted by atomic mass is 9.74. The normalized spacial score (nSPS) is 28.0. The van der Waals surface area contributed by atoms with Crippen molar-refractivity contribution in [2.45, 2.75) is 90.1 Å². The summed E-state index contributed by atoms with van der Waals surface area (Å²) in [4.78, 5) is 45.3. The molecule has 0 aromatic carbocycles. The number of pyridine rings is 1. The van der Waals surface area contributed by atoms with Crippen LogP contribution in [0.3, 0.4) is 0 Å². The fourth-order valence-electron chi connectivity index (χ4n) is 6.96. The lowest BCUT2D eigenvalue weighted by Crippen LogP contribution is -2.41. The van der Waals surface area contributed by atoms with E-state index in [0.717, 1.165) is 18.5 Å². The number of ketones is 1. The molecule has 2 aliphatic carbocycles. The van der Waals surface area contributed by atoms with Gasteiger partial charge in [-0.1, -0.05) is 55.3 Å². The highest BCUT2D eigenvalue weighted by Crippen LogP contribution is 2.42. The molecule has 0 bridgehead atoms. The van der Waals surface area contributed by atoms with E-state index in [1.54, 1.807) is 18.0 Å². The molecule has 39 heavy (non-hydrogen) atoms. The summed E-state index contributed by atoms with van der Waals surface area (Å²) in [6, 6.07) is -0.616. The van der Waals surface area contributed by atoms with Gasteiger partial charge in [-0.2, -0.15) is 5.10 Å². The molecular weight excluding hydrogens is 539 g/mol. The van der Waals surface area contributed by atoms with Crippen LogP contribution in [0.15, 0.2) is 18.6 Å². The van der Waals surface area contributed by atoms with Crippen LogP contribution in [0.1, 0.15) is 104 Å². The van der Waals surface area contributed by atoms with Crippen molar-refractivity contribution in [1.82, 2.24) is 19.7 Å². The molecule has 210 valence electrons. The molecule has 3 heterocycles. The molecule has 3 fully saturated rings. The molecule has 2 aromatic rings. The molecule has 5 rings (SSSR count). The number of nitrogens with zero attached hydrogens (tertiary/aromatic N) is 4. The molecule has 0 radical (unpaired) electrons. The number of hydrogen-bond acceptors (Lipinski definition) is 5.